The average molecular weight is 370 g/mol. The number of benzene rings is 1. The van der Waals surface area contributed by atoms with Crippen molar-refractivity contribution in [3.05, 3.63) is 74.6 Å². The van der Waals surface area contributed by atoms with E-state index in [1.807, 2.05) is 35.9 Å². The Morgan fingerprint density at radius 1 is 1.04 bits per heavy atom. The minimum Gasteiger partial charge on any atom is -0.334 e. The second kappa shape index (κ2) is 7.63. The summed E-state index contributed by atoms with van der Waals surface area (Å²) in [5, 5.41) is 6.70. The predicted octanol–water partition coefficient (Wildman–Crippen LogP) is 4.90. The van der Waals surface area contributed by atoms with E-state index < -0.39 is 0 Å². The second-order valence-electron chi connectivity index (χ2n) is 5.62. The zero-order chi connectivity index (χ0) is 17.8. The lowest BCUT2D eigenvalue weighted by Crippen LogP contribution is -2.29. The normalized spacial score (nSPS) is 11.8. The van der Waals surface area contributed by atoms with Gasteiger partial charge in [0.25, 0.3) is 11.8 Å². The number of anilines is 1. The van der Waals surface area contributed by atoms with Crippen LogP contribution < -0.4 is 5.32 Å². The highest BCUT2D eigenvalue weighted by Gasteiger charge is 2.20. The Hall–Kier alpha value is -2.44. The van der Waals surface area contributed by atoms with Crippen molar-refractivity contribution < 1.29 is 9.59 Å². The van der Waals surface area contributed by atoms with Crippen LogP contribution in [0.4, 0.5) is 5.69 Å². The molecule has 6 heteroatoms. The lowest BCUT2D eigenvalue weighted by Gasteiger charge is -2.24. The third kappa shape index (κ3) is 3.97. The number of hydrogen-bond donors (Lipinski definition) is 1. The van der Waals surface area contributed by atoms with Crippen LogP contribution in [0.15, 0.2) is 59.3 Å². The monoisotopic (exact) mass is 370 g/mol. The zero-order valence-corrected chi connectivity index (χ0v) is 15.6. The van der Waals surface area contributed by atoms with Gasteiger partial charge in [0.05, 0.1) is 10.9 Å². The van der Waals surface area contributed by atoms with E-state index in [2.05, 4.69) is 5.32 Å². The van der Waals surface area contributed by atoms with E-state index in [-0.39, 0.29) is 17.9 Å². The Morgan fingerprint density at radius 3 is 2.48 bits per heavy atom. The Kier molecular flexibility index (Phi) is 5.31. The topological polar surface area (TPSA) is 49.4 Å². The first-order chi connectivity index (χ1) is 12.1. The number of carbonyl (C=O) groups is 2. The van der Waals surface area contributed by atoms with Crippen LogP contribution in [0.1, 0.15) is 37.9 Å². The molecular weight excluding hydrogens is 352 g/mol. The number of carbonyl (C=O) groups excluding carboxylic acids is 2. The second-order valence-corrected chi connectivity index (χ2v) is 7.55. The number of nitrogens with one attached hydrogen (secondary N) is 1. The van der Waals surface area contributed by atoms with Crippen molar-refractivity contribution in [1.82, 2.24) is 4.90 Å². The molecule has 0 fully saturated rings. The summed E-state index contributed by atoms with van der Waals surface area (Å²) in [4.78, 5) is 28.4. The molecule has 0 aliphatic heterocycles. The lowest BCUT2D eigenvalue weighted by molar-refractivity contribution is 0.0744. The highest BCUT2D eigenvalue weighted by molar-refractivity contribution is 7.12. The summed E-state index contributed by atoms with van der Waals surface area (Å²) >= 11 is 3.01. The summed E-state index contributed by atoms with van der Waals surface area (Å²) in [5.74, 6) is -0.243. The first-order valence-electron chi connectivity index (χ1n) is 7.81. The fraction of sp³-hybridized carbons (Fsp3) is 0.158. The maximum Gasteiger partial charge on any atom is 0.265 e. The van der Waals surface area contributed by atoms with Gasteiger partial charge in [-0.1, -0.05) is 18.2 Å². The average Bonchev–Trinajstić information content (AvgIpc) is 3.33. The van der Waals surface area contributed by atoms with Gasteiger partial charge in [-0.3, -0.25) is 9.59 Å². The molecular formula is C19H18N2O2S2. The highest BCUT2D eigenvalue weighted by atomic mass is 32.1. The summed E-state index contributed by atoms with van der Waals surface area (Å²) in [7, 11) is 1.80. The van der Waals surface area contributed by atoms with Gasteiger partial charge in [-0.25, -0.2) is 0 Å². The van der Waals surface area contributed by atoms with Gasteiger partial charge < -0.3 is 10.2 Å². The van der Waals surface area contributed by atoms with Gasteiger partial charge in [0.1, 0.15) is 0 Å². The van der Waals surface area contributed by atoms with Crippen molar-refractivity contribution in [2.75, 3.05) is 12.4 Å². The largest absolute Gasteiger partial charge is 0.334 e. The number of amides is 2. The quantitative estimate of drug-likeness (QED) is 0.695. The molecule has 1 N–H and O–H groups in total. The van der Waals surface area contributed by atoms with Crippen LogP contribution in [0.2, 0.25) is 0 Å². The molecule has 0 saturated carbocycles. The Bertz CT molecular complexity index is 857. The molecule has 4 nitrogen and oxygen atoms in total. The molecule has 2 aromatic heterocycles. The molecule has 0 saturated heterocycles. The van der Waals surface area contributed by atoms with Crippen molar-refractivity contribution >= 4 is 40.2 Å². The summed E-state index contributed by atoms with van der Waals surface area (Å²) in [5.41, 5.74) is 1.16. The van der Waals surface area contributed by atoms with Crippen LogP contribution >= 0.6 is 22.7 Å². The first kappa shape index (κ1) is 17.4. The summed E-state index contributed by atoms with van der Waals surface area (Å²) < 4.78 is 0. The fourth-order valence-electron chi connectivity index (χ4n) is 2.43. The van der Waals surface area contributed by atoms with Gasteiger partial charge in [-0.05, 0) is 48.0 Å². The van der Waals surface area contributed by atoms with Crippen LogP contribution in [-0.2, 0) is 0 Å². The molecule has 25 heavy (non-hydrogen) atoms. The van der Waals surface area contributed by atoms with Gasteiger partial charge in [-0.15, -0.1) is 22.7 Å². The van der Waals surface area contributed by atoms with E-state index in [1.165, 1.54) is 11.3 Å². The van der Waals surface area contributed by atoms with Gasteiger partial charge in [0.15, 0.2) is 0 Å². The van der Waals surface area contributed by atoms with Gasteiger partial charge in [0, 0.05) is 23.2 Å². The third-order valence-electron chi connectivity index (χ3n) is 3.97. The van der Waals surface area contributed by atoms with Crippen molar-refractivity contribution in [3.8, 4) is 0 Å². The minimum absolute atomic E-state index is 0.00290. The number of hydrogen-bond acceptors (Lipinski definition) is 4. The van der Waals surface area contributed by atoms with Gasteiger partial charge in [0.2, 0.25) is 0 Å². The molecule has 2 amide bonds. The van der Waals surface area contributed by atoms with Crippen molar-refractivity contribution in [2.24, 2.45) is 0 Å². The van der Waals surface area contributed by atoms with Crippen molar-refractivity contribution in [3.63, 3.8) is 0 Å². The van der Waals surface area contributed by atoms with E-state index in [4.69, 9.17) is 0 Å². The molecule has 0 bridgehead atoms. The maximum absolute atomic E-state index is 12.8. The number of nitrogens with zero attached hydrogens (tertiary/aromatic N) is 1. The summed E-state index contributed by atoms with van der Waals surface area (Å²) in [6, 6.07) is 14.6. The van der Waals surface area contributed by atoms with E-state index >= 15 is 0 Å². The molecule has 2 heterocycles. The zero-order valence-electron chi connectivity index (χ0n) is 13.9. The lowest BCUT2D eigenvalue weighted by atomic mass is 10.1. The molecule has 1 aromatic carbocycles. The van der Waals surface area contributed by atoms with E-state index in [0.717, 1.165) is 4.88 Å². The Morgan fingerprint density at radius 2 is 1.80 bits per heavy atom. The first-order valence-corrected chi connectivity index (χ1v) is 9.57. The maximum atomic E-state index is 12.8. The number of rotatable bonds is 5. The molecule has 1 unspecified atom stereocenters. The molecule has 0 aliphatic carbocycles. The summed E-state index contributed by atoms with van der Waals surface area (Å²) in [6.45, 7) is 2.01. The van der Waals surface area contributed by atoms with Crippen LogP contribution in [0.25, 0.3) is 0 Å². The summed E-state index contributed by atoms with van der Waals surface area (Å²) in [6.07, 6.45) is 0. The SMILES string of the molecule is CC(c1cccs1)N(C)C(=O)c1cccc(NC(=O)c2cccs2)c1. The van der Waals surface area contributed by atoms with Gasteiger partial charge in [-0.2, -0.15) is 0 Å². The molecule has 0 spiro atoms. The fourth-order valence-corrected chi connectivity index (χ4v) is 3.88. The van der Waals surface area contributed by atoms with E-state index in [0.29, 0.717) is 16.1 Å². The molecule has 0 radical (unpaired) electrons. The standard InChI is InChI=1S/C19H18N2O2S2/c1-13(16-8-4-10-24-16)21(2)19(23)14-6-3-7-15(12-14)20-18(22)17-9-5-11-25-17/h3-13H,1-2H3,(H,20,22). The van der Waals surface area contributed by atoms with Crippen LogP contribution in [0.3, 0.4) is 0 Å². The minimum atomic E-state index is -0.167. The predicted molar refractivity (Wildman–Crippen MR) is 104 cm³/mol. The molecule has 1 atom stereocenters. The molecule has 3 rings (SSSR count). The van der Waals surface area contributed by atoms with Gasteiger partial charge >= 0.3 is 0 Å². The van der Waals surface area contributed by atoms with Crippen molar-refractivity contribution in [2.45, 2.75) is 13.0 Å². The molecule has 0 aliphatic rings. The van der Waals surface area contributed by atoms with Crippen LogP contribution in [0.5, 0.6) is 0 Å². The highest BCUT2D eigenvalue weighted by Crippen LogP contribution is 2.25. The van der Waals surface area contributed by atoms with Crippen LogP contribution in [-0.4, -0.2) is 23.8 Å². The smallest absolute Gasteiger partial charge is 0.265 e. The van der Waals surface area contributed by atoms with Crippen LogP contribution in [0, 0.1) is 0 Å². The van der Waals surface area contributed by atoms with Crippen molar-refractivity contribution in [1.29, 1.82) is 0 Å². The molecule has 3 aromatic rings. The Labute approximate surface area is 154 Å². The van der Waals surface area contributed by atoms with E-state index in [9.17, 15) is 9.59 Å². The Balaban J connectivity index is 1.74. The number of thiophene rings is 2. The third-order valence-corrected chi connectivity index (χ3v) is 5.88. The van der Waals surface area contributed by atoms with E-state index in [1.54, 1.807) is 53.6 Å². The molecule has 128 valence electrons.